The maximum Gasteiger partial charge on any atom is 0.307 e. The van der Waals surface area contributed by atoms with Crippen LogP contribution in [0.15, 0.2) is 24.3 Å². The topological polar surface area (TPSA) is 38.3 Å². The van der Waals surface area contributed by atoms with Gasteiger partial charge in [-0.1, -0.05) is 29.8 Å². The maximum atomic E-state index is 11.4. The summed E-state index contributed by atoms with van der Waals surface area (Å²) in [5.41, 5.74) is 0.916. The third-order valence-corrected chi connectivity index (χ3v) is 2.65. The number of halogens is 1. The minimum Gasteiger partial charge on any atom is -0.466 e. The lowest BCUT2D eigenvalue weighted by Crippen LogP contribution is -2.21. The van der Waals surface area contributed by atoms with E-state index in [1.54, 1.807) is 14.0 Å². The summed E-state index contributed by atoms with van der Waals surface area (Å²) >= 11 is 6.07. The number of rotatable bonds is 5. The van der Waals surface area contributed by atoms with E-state index in [1.165, 1.54) is 0 Å². The maximum absolute atomic E-state index is 11.4. The third-order valence-electron chi connectivity index (χ3n) is 2.31. The van der Waals surface area contributed by atoms with E-state index in [0.717, 1.165) is 5.56 Å². The van der Waals surface area contributed by atoms with Gasteiger partial charge in [0.15, 0.2) is 0 Å². The molecule has 88 valence electrons. The van der Waals surface area contributed by atoms with Crippen LogP contribution in [0.5, 0.6) is 0 Å². The summed E-state index contributed by atoms with van der Waals surface area (Å²) in [6.07, 6.45) is 0.286. The summed E-state index contributed by atoms with van der Waals surface area (Å²) in [6, 6.07) is 7.38. The number of esters is 1. The number of benzene rings is 1. The average Bonchev–Trinajstić information content (AvgIpc) is 2.27. The summed E-state index contributed by atoms with van der Waals surface area (Å²) in [5, 5.41) is 3.72. The van der Waals surface area contributed by atoms with Gasteiger partial charge >= 0.3 is 5.97 Å². The van der Waals surface area contributed by atoms with Crippen molar-refractivity contribution in [2.45, 2.75) is 19.4 Å². The second kappa shape index (κ2) is 6.51. The van der Waals surface area contributed by atoms with Crippen molar-refractivity contribution >= 4 is 17.6 Å². The van der Waals surface area contributed by atoms with Crippen LogP contribution in [0.2, 0.25) is 5.02 Å². The molecule has 0 saturated carbocycles. The molecule has 1 aromatic carbocycles. The molecule has 0 aliphatic carbocycles. The quantitative estimate of drug-likeness (QED) is 0.806. The molecule has 0 amide bonds. The Kier molecular flexibility index (Phi) is 5.29. The summed E-state index contributed by atoms with van der Waals surface area (Å²) < 4.78 is 4.91. The molecule has 0 heterocycles. The van der Waals surface area contributed by atoms with E-state index in [1.807, 2.05) is 24.3 Å². The second-order valence-corrected chi connectivity index (χ2v) is 3.78. The standard InChI is InChI=1S/C12H16ClNO2/c1-3-16-12(15)8-11(14-2)9-6-4-5-7-10(9)13/h4-7,11,14H,3,8H2,1-2H3. The number of hydrogen-bond donors (Lipinski definition) is 1. The van der Waals surface area contributed by atoms with E-state index in [0.29, 0.717) is 11.6 Å². The predicted octanol–water partition coefficient (Wildman–Crippen LogP) is 2.55. The van der Waals surface area contributed by atoms with Crippen molar-refractivity contribution in [2.24, 2.45) is 0 Å². The lowest BCUT2D eigenvalue weighted by atomic mass is 10.0. The van der Waals surface area contributed by atoms with Crippen molar-refractivity contribution in [1.29, 1.82) is 0 Å². The van der Waals surface area contributed by atoms with Gasteiger partial charge in [-0.15, -0.1) is 0 Å². The van der Waals surface area contributed by atoms with Crippen LogP contribution in [-0.4, -0.2) is 19.6 Å². The SMILES string of the molecule is CCOC(=O)CC(NC)c1ccccc1Cl. The monoisotopic (exact) mass is 241 g/mol. The van der Waals surface area contributed by atoms with E-state index in [2.05, 4.69) is 5.32 Å². The lowest BCUT2D eigenvalue weighted by Gasteiger charge is -2.16. The van der Waals surface area contributed by atoms with E-state index in [4.69, 9.17) is 16.3 Å². The fraction of sp³-hybridized carbons (Fsp3) is 0.417. The van der Waals surface area contributed by atoms with Crippen molar-refractivity contribution in [2.75, 3.05) is 13.7 Å². The normalized spacial score (nSPS) is 12.2. The van der Waals surface area contributed by atoms with Gasteiger partial charge in [0.2, 0.25) is 0 Å². The smallest absolute Gasteiger partial charge is 0.307 e. The first-order valence-corrected chi connectivity index (χ1v) is 5.64. The molecule has 0 radical (unpaired) electrons. The van der Waals surface area contributed by atoms with Crippen LogP contribution in [0.3, 0.4) is 0 Å². The van der Waals surface area contributed by atoms with Gasteiger partial charge in [-0.25, -0.2) is 0 Å². The first kappa shape index (κ1) is 13.0. The summed E-state index contributed by atoms with van der Waals surface area (Å²) in [5.74, 6) is -0.221. The number of nitrogens with one attached hydrogen (secondary N) is 1. The van der Waals surface area contributed by atoms with Crippen LogP contribution in [0, 0.1) is 0 Å². The fourth-order valence-electron chi connectivity index (χ4n) is 1.51. The molecule has 16 heavy (non-hydrogen) atoms. The zero-order valence-corrected chi connectivity index (χ0v) is 10.3. The van der Waals surface area contributed by atoms with Crippen LogP contribution in [-0.2, 0) is 9.53 Å². The summed E-state index contributed by atoms with van der Waals surface area (Å²) in [4.78, 5) is 11.4. The highest BCUT2D eigenvalue weighted by atomic mass is 35.5. The number of carbonyl (C=O) groups is 1. The molecule has 0 aliphatic rings. The number of ether oxygens (including phenoxy) is 1. The van der Waals surface area contributed by atoms with Crippen molar-refractivity contribution in [3.63, 3.8) is 0 Å². The van der Waals surface area contributed by atoms with Crippen molar-refractivity contribution in [3.8, 4) is 0 Å². The zero-order chi connectivity index (χ0) is 12.0. The molecule has 1 N–H and O–H groups in total. The van der Waals surface area contributed by atoms with Crippen LogP contribution in [0.25, 0.3) is 0 Å². The summed E-state index contributed by atoms with van der Waals surface area (Å²) in [6.45, 7) is 2.19. The van der Waals surface area contributed by atoms with Gasteiger partial charge in [-0.2, -0.15) is 0 Å². The molecular formula is C12H16ClNO2. The average molecular weight is 242 g/mol. The summed E-state index contributed by atoms with van der Waals surface area (Å²) in [7, 11) is 1.80. The molecule has 0 saturated heterocycles. The highest BCUT2D eigenvalue weighted by Gasteiger charge is 2.16. The molecular weight excluding hydrogens is 226 g/mol. The second-order valence-electron chi connectivity index (χ2n) is 3.37. The largest absolute Gasteiger partial charge is 0.466 e. The van der Waals surface area contributed by atoms with Crippen molar-refractivity contribution in [1.82, 2.24) is 5.32 Å². The van der Waals surface area contributed by atoms with Crippen LogP contribution >= 0.6 is 11.6 Å². The Balaban J connectivity index is 2.75. The first-order chi connectivity index (χ1) is 7.69. The van der Waals surface area contributed by atoms with E-state index >= 15 is 0 Å². The minimum absolute atomic E-state index is 0.104. The van der Waals surface area contributed by atoms with Gasteiger partial charge in [0.05, 0.1) is 13.0 Å². The van der Waals surface area contributed by atoms with Gasteiger partial charge in [-0.05, 0) is 25.6 Å². The van der Waals surface area contributed by atoms with Gasteiger partial charge in [-0.3, -0.25) is 4.79 Å². The van der Waals surface area contributed by atoms with E-state index in [-0.39, 0.29) is 18.4 Å². The Hall–Kier alpha value is -1.06. The number of carbonyl (C=O) groups excluding carboxylic acids is 1. The molecule has 0 bridgehead atoms. The molecule has 1 aromatic rings. The van der Waals surface area contributed by atoms with E-state index in [9.17, 15) is 4.79 Å². The Morgan fingerprint density at radius 2 is 2.19 bits per heavy atom. The third kappa shape index (κ3) is 3.51. The predicted molar refractivity (Wildman–Crippen MR) is 64.5 cm³/mol. The van der Waals surface area contributed by atoms with Crippen LogP contribution in [0.4, 0.5) is 0 Å². The lowest BCUT2D eigenvalue weighted by molar-refractivity contribution is -0.143. The van der Waals surface area contributed by atoms with Crippen LogP contribution < -0.4 is 5.32 Å². The molecule has 3 nitrogen and oxygen atoms in total. The zero-order valence-electron chi connectivity index (χ0n) is 9.50. The van der Waals surface area contributed by atoms with Crippen LogP contribution in [0.1, 0.15) is 24.9 Å². The highest BCUT2D eigenvalue weighted by Crippen LogP contribution is 2.24. The molecule has 1 rings (SSSR count). The molecule has 0 fully saturated rings. The first-order valence-electron chi connectivity index (χ1n) is 5.26. The Bertz CT molecular complexity index is 355. The Morgan fingerprint density at radius 3 is 2.75 bits per heavy atom. The Labute approximate surface area is 101 Å². The molecule has 4 heteroatoms. The van der Waals surface area contributed by atoms with Gasteiger partial charge in [0.25, 0.3) is 0 Å². The highest BCUT2D eigenvalue weighted by molar-refractivity contribution is 6.31. The molecule has 0 aliphatic heterocycles. The molecule has 0 aromatic heterocycles. The minimum atomic E-state index is -0.221. The molecule has 1 unspecified atom stereocenters. The van der Waals surface area contributed by atoms with Gasteiger partial charge < -0.3 is 10.1 Å². The van der Waals surface area contributed by atoms with Gasteiger partial charge in [0.1, 0.15) is 0 Å². The van der Waals surface area contributed by atoms with Gasteiger partial charge in [0, 0.05) is 11.1 Å². The molecule has 1 atom stereocenters. The van der Waals surface area contributed by atoms with Crippen molar-refractivity contribution in [3.05, 3.63) is 34.9 Å². The molecule has 0 spiro atoms. The number of hydrogen-bond acceptors (Lipinski definition) is 3. The van der Waals surface area contributed by atoms with Crippen molar-refractivity contribution < 1.29 is 9.53 Å². The van der Waals surface area contributed by atoms with E-state index < -0.39 is 0 Å². The Morgan fingerprint density at radius 1 is 1.50 bits per heavy atom. The fourth-order valence-corrected chi connectivity index (χ4v) is 1.78.